The van der Waals surface area contributed by atoms with E-state index in [4.69, 9.17) is 131 Å². The van der Waals surface area contributed by atoms with Gasteiger partial charge in [0.05, 0.1) is 57.8 Å². The predicted octanol–water partition coefficient (Wildman–Crippen LogP) is 18.0. The molecule has 4 atom stereocenters. The van der Waals surface area contributed by atoms with Crippen molar-refractivity contribution in [3.8, 4) is 69.3 Å². The van der Waals surface area contributed by atoms with Crippen LogP contribution in [0.1, 0.15) is 152 Å². The number of rotatable bonds is 19. The number of anilines is 1. The molecule has 0 bridgehead atoms. The zero-order chi connectivity index (χ0) is 97.5. The van der Waals surface area contributed by atoms with E-state index < -0.39 is 88.4 Å². The van der Waals surface area contributed by atoms with Crippen LogP contribution in [-0.2, 0) is 59.3 Å². The molecule has 31 nitrogen and oxygen atoms in total. The third-order valence-electron chi connectivity index (χ3n) is 19.3. The van der Waals surface area contributed by atoms with Crippen LogP contribution in [0.2, 0.25) is 30.4 Å². The van der Waals surface area contributed by atoms with Gasteiger partial charge >= 0.3 is 71.6 Å². The molecule has 19 rings (SSSR count). The Morgan fingerprint density at radius 2 is 0.770 bits per heavy atom. The summed E-state index contributed by atoms with van der Waals surface area (Å²) in [6, 6.07) is 38.3. The zero-order valence-electron chi connectivity index (χ0n) is 70.7. The number of nitrogen functional groups attached to an aromatic ring is 1. The molecule has 0 amide bonds. The zero-order valence-corrected chi connectivity index (χ0v) is 82.2. The molecule has 14 heterocycles. The first-order valence-electron chi connectivity index (χ1n) is 39.0. The number of ether oxygens (including phenoxy) is 7. The number of H-pyrrole nitrogens is 1. The molecule has 0 saturated carbocycles. The molecule has 0 spiro atoms. The summed E-state index contributed by atoms with van der Waals surface area (Å²) in [7, 11) is 2.78. The van der Waals surface area contributed by atoms with Gasteiger partial charge in [-0.3, -0.25) is 9.36 Å². The number of esters is 5. The number of alkyl halides is 1. The Bertz CT molecular complexity index is 6940. The minimum Gasteiger partial charge on any atom is -1.00 e. The van der Waals surface area contributed by atoms with Gasteiger partial charge in [0.25, 0.3) is 0 Å². The first kappa shape index (κ1) is 109. The van der Waals surface area contributed by atoms with Crippen LogP contribution in [0, 0.1) is 29.1 Å². The summed E-state index contributed by atoms with van der Waals surface area (Å²) >= 11 is 51.6. The Morgan fingerprint density at radius 1 is 0.453 bits per heavy atom. The van der Waals surface area contributed by atoms with Crippen LogP contribution in [0.3, 0.4) is 0 Å². The maximum atomic E-state index is 14.1. The fraction of sp³-hybridized carbons (Fsp3) is 0.156. The van der Waals surface area contributed by atoms with E-state index in [1.807, 2.05) is 0 Å². The normalized spacial score (nSPS) is 14.1. The molecule has 0 saturated heterocycles. The molecule has 3 N–H and O–H groups in total. The Balaban J connectivity index is 0.000000172. The number of fused-ring (bicyclic) bond motifs is 4. The molecule has 15 aromatic rings. The second kappa shape index (κ2) is 49.5. The summed E-state index contributed by atoms with van der Waals surface area (Å²) in [4.78, 5) is 124. The maximum absolute atomic E-state index is 14.1. The number of halogens is 16. The van der Waals surface area contributed by atoms with Crippen molar-refractivity contribution in [1.29, 1.82) is 0 Å². The number of benzene rings is 5. The van der Waals surface area contributed by atoms with Crippen molar-refractivity contribution in [2.45, 2.75) is 69.8 Å². The van der Waals surface area contributed by atoms with Gasteiger partial charge in [-0.1, -0.05) is 112 Å². The van der Waals surface area contributed by atoms with E-state index in [9.17, 15) is 60.1 Å². The van der Waals surface area contributed by atoms with Crippen LogP contribution in [0.5, 0.6) is 12.0 Å². The van der Waals surface area contributed by atoms with Crippen LogP contribution in [0.25, 0.3) is 57.3 Å². The maximum Gasteiger partial charge on any atom is 1.00 e. The molecule has 4 aliphatic rings. The van der Waals surface area contributed by atoms with Gasteiger partial charge in [-0.05, 0) is 201 Å². The number of furan rings is 5. The number of aromatic nitrogens is 10. The van der Waals surface area contributed by atoms with E-state index in [1.54, 1.807) is 122 Å². The summed E-state index contributed by atoms with van der Waals surface area (Å²) in [5, 5.41) is -1.18. The van der Waals surface area contributed by atoms with Gasteiger partial charge < -0.3 is 89.9 Å². The van der Waals surface area contributed by atoms with Gasteiger partial charge in [0.15, 0.2) is 35.1 Å². The van der Waals surface area contributed by atoms with Crippen molar-refractivity contribution in [2.24, 2.45) is 0 Å². The van der Waals surface area contributed by atoms with Gasteiger partial charge in [0.2, 0.25) is 11.2 Å². The molecule has 4 aliphatic heterocycles. The van der Waals surface area contributed by atoms with Crippen molar-refractivity contribution >= 4 is 167 Å². The number of aromatic amines is 1. The number of carbonyl (C=O) groups excluding carboxylic acids is 6. The molecule has 10 aromatic heterocycles. The van der Waals surface area contributed by atoms with E-state index in [2.05, 4.69) is 99.5 Å². The molecular weight excluding hydrogens is 2210 g/mol. The van der Waals surface area contributed by atoms with Gasteiger partial charge in [0.1, 0.15) is 133 Å². The quantitative estimate of drug-likeness (QED) is 0.00873. The van der Waals surface area contributed by atoms with Crippen molar-refractivity contribution in [1.82, 2.24) is 49.8 Å². The fourth-order valence-corrected chi connectivity index (χ4v) is 14.9. The van der Waals surface area contributed by atoms with E-state index in [1.165, 1.54) is 81.9 Å². The SMILES string of the molecule is C.CCOC(=O)c1c(C=O)nc(OC)nc1-c1ccco1.COc1nc(-c2ccco2)c2c(n1)C(Cc1ccc(Cl)cc1F)OC2=O.Fc1cc(Cl)ccc1CBr.Nc1nc(-c2ccco2)c2c(n1)C(Cc1ccc(Cl)cc1F)OC2=O.O=C1OC(Cc2ccc(Cl)cc2F)c2[nH]c(=O)nc(-c3ccco3)c21.O=C1OC(Cc2ccc(Cl)cc2F)c2nc(Cl)nc(-c3ccco3)c21.O=P(Cl)(Cl)Cl.[I-].[Li+]. The van der Waals surface area contributed by atoms with Gasteiger partial charge in [-0.15, -0.1) is 0 Å². The average molecular weight is 2280 g/mol. The van der Waals surface area contributed by atoms with Crippen molar-refractivity contribution in [3.63, 3.8) is 0 Å². The first-order chi connectivity index (χ1) is 65.1. The van der Waals surface area contributed by atoms with E-state index in [-0.39, 0.29) is 200 Å². The number of nitrogens with one attached hydrogen (secondary N) is 1. The van der Waals surface area contributed by atoms with E-state index >= 15 is 0 Å². The van der Waals surface area contributed by atoms with Crippen molar-refractivity contribution in [2.75, 3.05) is 26.6 Å². The van der Waals surface area contributed by atoms with Crippen molar-refractivity contribution < 1.29 is 153 Å². The molecule has 5 aromatic carbocycles. The van der Waals surface area contributed by atoms with E-state index in [0.717, 1.165) is 0 Å². The standard InChI is InChI=1S/C18H12ClFN2O4.C17H9Cl2FN2O3.C17H11ClFN3O3.C17H10ClFN2O4.C13H12N2O5.C7H5BrClF.CH4.Cl3OP.HI.Li/c1-24-18-21-15(12-3-2-6-25-12)14-16(22-18)13(26-17(14)23)7-9-4-5-10(19)8-11(9)20;18-9-4-3-8(10(20)7-9)6-12-15-13(16(23)25-12)14(21-17(19)22-15)11-2-1-5-24-11;18-9-4-3-8(10(19)7-9)6-12-15-13(16(23)25-12)14(21-17(20)22-15)11-2-1-5-24-11;18-9-4-3-8(10(19)7-9)6-12-15-13(16(22)25-12)14(20-17(23)21-15)11-2-1-5-24-11;1-3-19-12(17)10-8(7-16)14-13(18-2)15-11(10)9-5-4-6-20-9;8-4-5-1-2-6(9)3-7(5)10;;1-5(2,3)4;;/h2-6,8,13H,7H2,1H3;1-5,7,12H,6H2;1-5,7,12H,6H2,(H2,20,21,22);1-5,7,12H,6H2,(H,20,21,23);4-7H,3H2,1-2H3;1-3H,4H2;1H4;;1H;/q;;;;;;;;;+1/p-1. The summed E-state index contributed by atoms with van der Waals surface area (Å²) in [6.07, 6.45) is 4.91. The molecule has 0 fully saturated rings. The second-order valence-corrected chi connectivity index (χ2v) is 37.7. The van der Waals surface area contributed by atoms with Crippen LogP contribution in [-0.4, -0.2) is 107 Å². The smallest absolute Gasteiger partial charge is 1.00 e. The number of aldehydes is 1. The fourth-order valence-electron chi connectivity index (χ4n) is 13.4. The van der Waals surface area contributed by atoms with Gasteiger partial charge in [-0.25, -0.2) is 70.7 Å². The molecule has 716 valence electrons. The molecule has 139 heavy (non-hydrogen) atoms. The number of carbonyl (C=O) groups is 6. The number of methoxy groups -OCH3 is 2. The van der Waals surface area contributed by atoms with Crippen LogP contribution in [0.15, 0.2) is 210 Å². The van der Waals surface area contributed by atoms with Crippen LogP contribution in [0.4, 0.5) is 27.9 Å². The Kier molecular flexibility index (Phi) is 39.0. The molecule has 49 heteroatoms. The monoisotopic (exact) mass is 2270 g/mol. The number of hydrogen-bond donors (Lipinski definition) is 2. The summed E-state index contributed by atoms with van der Waals surface area (Å²) in [5.41, 5.74) is 9.92. The molecule has 0 radical (unpaired) electrons. The second-order valence-electron chi connectivity index (χ2n) is 27.9. The average Bonchev–Trinajstić information content (AvgIpc) is 1.62. The number of nitrogens with zero attached hydrogens (tertiary/aromatic N) is 9. The topological polar surface area (TPSA) is 425 Å². The molecular formula is C90H63BrCl9F5ILiN11O20P. The van der Waals surface area contributed by atoms with Gasteiger partial charge in [0, 0.05) is 56.1 Å². The van der Waals surface area contributed by atoms with Crippen LogP contribution >= 0.6 is 124 Å². The van der Waals surface area contributed by atoms with E-state index in [0.29, 0.717) is 89.6 Å². The van der Waals surface area contributed by atoms with Gasteiger partial charge in [-0.2, -0.15) is 24.9 Å². The predicted molar refractivity (Wildman–Crippen MR) is 494 cm³/mol. The minimum atomic E-state index is -3.22. The molecule has 0 aliphatic carbocycles. The Hall–Kier alpha value is -11.6. The first-order valence-corrected chi connectivity index (χ1v) is 46.8. The summed E-state index contributed by atoms with van der Waals surface area (Å²) in [5.74, 6) is -3.64. The third-order valence-corrected chi connectivity index (χ3v) is 21.2. The largest absolute Gasteiger partial charge is 1.00 e. The van der Waals surface area contributed by atoms with Crippen LogP contribution < -0.4 is 63.7 Å². The molecule has 4 unspecified atom stereocenters. The third kappa shape index (κ3) is 27.4. The minimum absolute atomic E-state index is 0. The Labute approximate surface area is 865 Å². The summed E-state index contributed by atoms with van der Waals surface area (Å²) in [6.45, 7) is 1.83. The summed E-state index contributed by atoms with van der Waals surface area (Å²) < 4.78 is 141. The Morgan fingerprint density at radius 3 is 1.12 bits per heavy atom. The number of cyclic esters (lactones) is 4. The number of nitrogens with two attached hydrogens (primary N) is 1. The number of hydrogen-bond acceptors (Lipinski definition) is 30. The van der Waals surface area contributed by atoms with Crippen molar-refractivity contribution in [3.05, 3.63) is 337 Å².